The van der Waals surface area contributed by atoms with Crippen molar-refractivity contribution in [3.63, 3.8) is 0 Å². The first-order valence-electron chi connectivity index (χ1n) is 9.32. The fraction of sp³-hybridized carbons (Fsp3) is 0.400. The molecule has 1 aromatic carbocycles. The average molecular weight is 384 g/mol. The summed E-state index contributed by atoms with van der Waals surface area (Å²) in [7, 11) is 1.59. The molecule has 1 saturated carbocycles. The summed E-state index contributed by atoms with van der Waals surface area (Å²) in [5.41, 5.74) is 0.340. The molecule has 28 heavy (non-hydrogen) atoms. The Kier molecular flexibility index (Phi) is 6.41. The third kappa shape index (κ3) is 4.97. The highest BCUT2D eigenvalue weighted by Crippen LogP contribution is 2.17. The second-order valence-corrected chi connectivity index (χ2v) is 6.82. The lowest BCUT2D eigenvalue weighted by atomic mass is 10.2. The fourth-order valence-electron chi connectivity index (χ4n) is 3.21. The van der Waals surface area contributed by atoms with Gasteiger partial charge in [-0.1, -0.05) is 25.0 Å². The summed E-state index contributed by atoms with van der Waals surface area (Å²) in [4.78, 5) is 41.0. The molecular formula is C20H24N4O4. The van der Waals surface area contributed by atoms with Gasteiger partial charge in [-0.3, -0.25) is 19.0 Å². The number of hydrogen-bond donors (Lipinski definition) is 2. The number of carbonyl (C=O) groups is 2. The molecule has 0 unspecified atom stereocenters. The monoisotopic (exact) mass is 384 g/mol. The molecular weight excluding hydrogens is 360 g/mol. The maximum Gasteiger partial charge on any atom is 0.266 e. The largest absolute Gasteiger partial charge is 0.497 e. The molecule has 1 heterocycles. The van der Waals surface area contributed by atoms with Gasteiger partial charge >= 0.3 is 0 Å². The van der Waals surface area contributed by atoms with Crippen molar-refractivity contribution in [2.75, 3.05) is 7.11 Å². The number of benzene rings is 1. The summed E-state index contributed by atoms with van der Waals surface area (Å²) < 4.78 is 6.24. The lowest BCUT2D eigenvalue weighted by Gasteiger charge is -2.12. The zero-order valence-corrected chi connectivity index (χ0v) is 15.8. The summed E-state index contributed by atoms with van der Waals surface area (Å²) in [6.07, 6.45) is 6.52. The van der Waals surface area contributed by atoms with E-state index in [1.54, 1.807) is 7.11 Å². The highest BCUT2D eigenvalue weighted by atomic mass is 16.5. The van der Waals surface area contributed by atoms with Gasteiger partial charge in [-0.2, -0.15) is 0 Å². The van der Waals surface area contributed by atoms with Crippen molar-refractivity contribution in [3.8, 4) is 5.75 Å². The molecule has 0 aliphatic heterocycles. The van der Waals surface area contributed by atoms with E-state index in [2.05, 4.69) is 15.6 Å². The van der Waals surface area contributed by atoms with Crippen molar-refractivity contribution in [1.82, 2.24) is 20.2 Å². The number of rotatable bonds is 7. The molecule has 2 aromatic rings. The molecule has 0 spiro atoms. The van der Waals surface area contributed by atoms with Gasteiger partial charge < -0.3 is 15.4 Å². The van der Waals surface area contributed by atoms with E-state index in [-0.39, 0.29) is 24.1 Å². The highest BCUT2D eigenvalue weighted by molar-refractivity contribution is 5.93. The van der Waals surface area contributed by atoms with E-state index >= 15 is 0 Å². The smallest absolute Gasteiger partial charge is 0.266 e. The number of nitrogens with one attached hydrogen (secondary N) is 2. The van der Waals surface area contributed by atoms with Crippen LogP contribution in [0, 0.1) is 0 Å². The lowest BCUT2D eigenvalue weighted by molar-refractivity contribution is -0.121. The van der Waals surface area contributed by atoms with E-state index in [1.165, 1.54) is 12.5 Å². The zero-order chi connectivity index (χ0) is 19.9. The van der Waals surface area contributed by atoms with Crippen molar-refractivity contribution in [3.05, 3.63) is 58.3 Å². The third-order valence-corrected chi connectivity index (χ3v) is 4.80. The van der Waals surface area contributed by atoms with Crippen molar-refractivity contribution in [1.29, 1.82) is 0 Å². The maximum atomic E-state index is 12.5. The van der Waals surface area contributed by atoms with E-state index < -0.39 is 11.5 Å². The molecule has 0 saturated heterocycles. The maximum absolute atomic E-state index is 12.5. The van der Waals surface area contributed by atoms with Crippen LogP contribution in [0.25, 0.3) is 0 Å². The molecule has 0 bridgehead atoms. The predicted octanol–water partition coefficient (Wildman–Crippen LogP) is 1.24. The topological polar surface area (TPSA) is 102 Å². The predicted molar refractivity (Wildman–Crippen MR) is 103 cm³/mol. The van der Waals surface area contributed by atoms with Crippen molar-refractivity contribution in [2.45, 2.75) is 44.8 Å². The van der Waals surface area contributed by atoms with Crippen molar-refractivity contribution >= 4 is 11.8 Å². The van der Waals surface area contributed by atoms with Gasteiger partial charge in [0, 0.05) is 18.8 Å². The number of carbonyl (C=O) groups excluding carboxylic acids is 2. The molecule has 1 aromatic heterocycles. The van der Waals surface area contributed by atoms with Gasteiger partial charge in [0.2, 0.25) is 5.91 Å². The Hall–Kier alpha value is -3.16. The first-order valence-corrected chi connectivity index (χ1v) is 9.32. The SMILES string of the molecule is COc1ccc(CNC(=O)Cn2cncc(C(=O)NC3CCCC3)c2=O)cc1. The van der Waals surface area contributed by atoms with Gasteiger partial charge in [-0.05, 0) is 30.5 Å². The number of ether oxygens (including phenoxy) is 1. The van der Waals surface area contributed by atoms with Gasteiger partial charge in [0.25, 0.3) is 11.5 Å². The average Bonchev–Trinajstić information content (AvgIpc) is 3.21. The first-order chi connectivity index (χ1) is 13.6. The van der Waals surface area contributed by atoms with Crippen LogP contribution in [0.5, 0.6) is 5.75 Å². The van der Waals surface area contributed by atoms with Crippen LogP contribution in [0.4, 0.5) is 0 Å². The Labute approximate surface area is 162 Å². The van der Waals surface area contributed by atoms with Gasteiger partial charge in [-0.25, -0.2) is 4.98 Å². The van der Waals surface area contributed by atoms with Crippen LogP contribution in [0.2, 0.25) is 0 Å². The normalized spacial score (nSPS) is 13.9. The zero-order valence-electron chi connectivity index (χ0n) is 15.8. The minimum absolute atomic E-state index is 0.0441. The first kappa shape index (κ1) is 19.6. The van der Waals surface area contributed by atoms with E-state index in [9.17, 15) is 14.4 Å². The molecule has 0 radical (unpaired) electrons. The number of amides is 2. The van der Waals surface area contributed by atoms with E-state index in [1.807, 2.05) is 24.3 Å². The van der Waals surface area contributed by atoms with Crippen LogP contribution >= 0.6 is 0 Å². The van der Waals surface area contributed by atoms with E-state index in [0.29, 0.717) is 6.54 Å². The molecule has 2 N–H and O–H groups in total. The molecule has 1 fully saturated rings. The van der Waals surface area contributed by atoms with E-state index in [4.69, 9.17) is 4.74 Å². The van der Waals surface area contributed by atoms with Crippen LogP contribution in [-0.4, -0.2) is 34.5 Å². The molecule has 0 atom stereocenters. The molecule has 148 valence electrons. The second kappa shape index (κ2) is 9.16. The van der Waals surface area contributed by atoms with Gasteiger partial charge in [-0.15, -0.1) is 0 Å². The Morgan fingerprint density at radius 1 is 1.21 bits per heavy atom. The molecule has 8 nitrogen and oxygen atoms in total. The van der Waals surface area contributed by atoms with E-state index in [0.717, 1.165) is 41.6 Å². The summed E-state index contributed by atoms with van der Waals surface area (Å²) >= 11 is 0. The Morgan fingerprint density at radius 3 is 2.61 bits per heavy atom. The Morgan fingerprint density at radius 2 is 1.93 bits per heavy atom. The van der Waals surface area contributed by atoms with Crippen LogP contribution in [0.1, 0.15) is 41.6 Å². The lowest BCUT2D eigenvalue weighted by Crippen LogP contribution is -2.39. The minimum atomic E-state index is -0.523. The summed E-state index contributed by atoms with van der Waals surface area (Å²) in [6, 6.07) is 7.42. The van der Waals surface area contributed by atoms with Gasteiger partial charge in [0.15, 0.2) is 0 Å². The quantitative estimate of drug-likeness (QED) is 0.748. The van der Waals surface area contributed by atoms with Crippen LogP contribution in [-0.2, 0) is 17.9 Å². The van der Waals surface area contributed by atoms with Crippen molar-refractivity contribution < 1.29 is 14.3 Å². The van der Waals surface area contributed by atoms with Crippen LogP contribution in [0.15, 0.2) is 41.6 Å². The van der Waals surface area contributed by atoms with Gasteiger partial charge in [0.1, 0.15) is 17.9 Å². The Bertz CT molecular complexity index is 886. The van der Waals surface area contributed by atoms with Crippen LogP contribution < -0.4 is 20.9 Å². The summed E-state index contributed by atoms with van der Waals surface area (Å²) in [6.45, 7) is 0.124. The Balaban J connectivity index is 1.59. The third-order valence-electron chi connectivity index (χ3n) is 4.80. The van der Waals surface area contributed by atoms with Crippen molar-refractivity contribution in [2.24, 2.45) is 0 Å². The molecule has 1 aliphatic carbocycles. The highest BCUT2D eigenvalue weighted by Gasteiger charge is 2.20. The minimum Gasteiger partial charge on any atom is -0.497 e. The number of hydrogen-bond acceptors (Lipinski definition) is 5. The summed E-state index contributed by atoms with van der Waals surface area (Å²) in [5.74, 6) is -0.0362. The molecule has 1 aliphatic rings. The molecule has 2 amide bonds. The standard InChI is InChI=1S/C20H24N4O4/c1-28-16-8-6-14(7-9-16)10-22-18(25)12-24-13-21-11-17(20(24)27)19(26)23-15-4-2-3-5-15/h6-9,11,13,15H,2-5,10,12H2,1H3,(H,22,25)(H,23,26). The van der Waals surface area contributed by atoms with Gasteiger partial charge in [0.05, 0.1) is 13.4 Å². The molecule has 8 heteroatoms. The molecule has 3 rings (SSSR count). The second-order valence-electron chi connectivity index (χ2n) is 6.82. The van der Waals surface area contributed by atoms with Crippen LogP contribution in [0.3, 0.4) is 0 Å². The number of methoxy groups -OCH3 is 1. The summed E-state index contributed by atoms with van der Waals surface area (Å²) in [5, 5.41) is 5.62. The number of aromatic nitrogens is 2. The number of nitrogens with zero attached hydrogens (tertiary/aromatic N) is 2. The fourth-order valence-corrected chi connectivity index (χ4v) is 3.21.